The van der Waals surface area contributed by atoms with Gasteiger partial charge in [-0.3, -0.25) is 0 Å². The number of fused-ring (bicyclic) bond motifs is 1. The average Bonchev–Trinajstić information content (AvgIpc) is 3.13. The highest BCUT2D eigenvalue weighted by Gasteiger charge is 2.17. The van der Waals surface area contributed by atoms with Crippen molar-refractivity contribution in [1.29, 1.82) is 0 Å². The second kappa shape index (κ2) is 8.78. The highest BCUT2D eigenvalue weighted by molar-refractivity contribution is 5.63. The van der Waals surface area contributed by atoms with Crippen LogP contribution in [0.25, 0.3) is 16.9 Å². The molecular weight excluding hydrogens is 364 g/mol. The molecule has 1 saturated heterocycles. The number of nitrogens with zero attached hydrogens (tertiary/aromatic N) is 5. The molecule has 7 heteroatoms. The quantitative estimate of drug-likeness (QED) is 0.659. The van der Waals surface area contributed by atoms with E-state index in [1.807, 2.05) is 41.2 Å². The van der Waals surface area contributed by atoms with Crippen LogP contribution in [0.15, 0.2) is 36.7 Å². The summed E-state index contributed by atoms with van der Waals surface area (Å²) in [6.45, 7) is 7.30. The third-order valence-corrected chi connectivity index (χ3v) is 5.41. The molecule has 154 valence electrons. The third-order valence-electron chi connectivity index (χ3n) is 5.41. The largest absolute Gasteiger partial charge is 0.478 e. The van der Waals surface area contributed by atoms with Crippen LogP contribution in [0.2, 0.25) is 0 Å². The maximum absolute atomic E-state index is 5.73. The van der Waals surface area contributed by atoms with Crippen LogP contribution in [0.5, 0.6) is 5.88 Å². The van der Waals surface area contributed by atoms with Gasteiger partial charge in [0.05, 0.1) is 18.5 Å². The van der Waals surface area contributed by atoms with Gasteiger partial charge in [-0.25, -0.2) is 14.5 Å². The number of anilines is 1. The molecule has 0 unspecified atom stereocenters. The fraction of sp³-hybridized carbons (Fsp3) is 0.500. The van der Waals surface area contributed by atoms with Crippen molar-refractivity contribution in [3.63, 3.8) is 0 Å². The number of rotatable bonds is 7. The van der Waals surface area contributed by atoms with E-state index in [9.17, 15) is 0 Å². The lowest BCUT2D eigenvalue weighted by Crippen LogP contribution is -2.36. The molecule has 1 fully saturated rings. The van der Waals surface area contributed by atoms with Gasteiger partial charge in [0, 0.05) is 23.9 Å². The van der Waals surface area contributed by atoms with Crippen LogP contribution in [0.3, 0.4) is 0 Å². The minimum Gasteiger partial charge on any atom is -0.478 e. The van der Waals surface area contributed by atoms with Crippen molar-refractivity contribution in [2.24, 2.45) is 5.92 Å². The maximum atomic E-state index is 5.73. The van der Waals surface area contributed by atoms with E-state index in [1.54, 1.807) is 0 Å². The minimum atomic E-state index is 0.465. The maximum Gasteiger partial charge on any atom is 0.213 e. The normalized spacial score (nSPS) is 15.9. The monoisotopic (exact) mass is 394 g/mol. The topological polar surface area (TPSA) is 67.6 Å². The molecule has 3 aromatic heterocycles. The van der Waals surface area contributed by atoms with Crippen LogP contribution in [-0.4, -0.2) is 57.3 Å². The molecule has 0 aliphatic carbocycles. The van der Waals surface area contributed by atoms with Gasteiger partial charge < -0.3 is 15.0 Å². The number of imidazole rings is 1. The van der Waals surface area contributed by atoms with Gasteiger partial charge in [-0.15, -0.1) is 5.10 Å². The van der Waals surface area contributed by atoms with E-state index in [4.69, 9.17) is 9.84 Å². The van der Waals surface area contributed by atoms with Crippen molar-refractivity contribution in [2.45, 2.75) is 39.2 Å². The first-order valence-electron chi connectivity index (χ1n) is 10.5. The number of piperidine rings is 1. The van der Waals surface area contributed by atoms with Crippen LogP contribution in [0.1, 0.15) is 33.1 Å². The first kappa shape index (κ1) is 19.6. The molecule has 7 nitrogen and oxygen atoms in total. The fourth-order valence-corrected chi connectivity index (χ4v) is 3.53. The van der Waals surface area contributed by atoms with E-state index >= 15 is 0 Å². The lowest BCUT2D eigenvalue weighted by atomic mass is 10.1. The molecule has 0 radical (unpaired) electrons. The number of likely N-dealkylation sites (tertiary alicyclic amines) is 1. The molecule has 1 N–H and O–H groups in total. The van der Waals surface area contributed by atoms with E-state index < -0.39 is 0 Å². The van der Waals surface area contributed by atoms with Gasteiger partial charge in [-0.05, 0) is 63.5 Å². The fourth-order valence-electron chi connectivity index (χ4n) is 3.53. The zero-order valence-electron chi connectivity index (χ0n) is 17.5. The van der Waals surface area contributed by atoms with Gasteiger partial charge in [-0.2, -0.15) is 0 Å². The molecule has 0 bridgehead atoms. The van der Waals surface area contributed by atoms with Crippen molar-refractivity contribution < 1.29 is 4.74 Å². The van der Waals surface area contributed by atoms with Crippen molar-refractivity contribution in [3.8, 4) is 17.1 Å². The Kier molecular flexibility index (Phi) is 5.94. The summed E-state index contributed by atoms with van der Waals surface area (Å²) in [4.78, 5) is 11.3. The van der Waals surface area contributed by atoms with Gasteiger partial charge in [0.15, 0.2) is 5.65 Å². The SMILES string of the molecule is CC(C)CCOc1ccc(-c2cnc3ccc(NC4CCN(C)CC4)nn23)cn1. The minimum absolute atomic E-state index is 0.465. The first-order valence-corrected chi connectivity index (χ1v) is 10.5. The summed E-state index contributed by atoms with van der Waals surface area (Å²) in [6.07, 6.45) is 6.96. The Balaban J connectivity index is 1.48. The molecule has 29 heavy (non-hydrogen) atoms. The second-order valence-electron chi connectivity index (χ2n) is 8.27. The summed E-state index contributed by atoms with van der Waals surface area (Å²) >= 11 is 0. The lowest BCUT2D eigenvalue weighted by Gasteiger charge is -2.29. The summed E-state index contributed by atoms with van der Waals surface area (Å²) in [7, 11) is 2.17. The number of hydrogen-bond donors (Lipinski definition) is 1. The molecule has 0 atom stereocenters. The lowest BCUT2D eigenvalue weighted by molar-refractivity contribution is 0.263. The highest BCUT2D eigenvalue weighted by Crippen LogP contribution is 2.23. The summed E-state index contributed by atoms with van der Waals surface area (Å²) in [5.74, 6) is 2.16. The van der Waals surface area contributed by atoms with Crippen molar-refractivity contribution in [1.82, 2.24) is 24.5 Å². The Morgan fingerprint density at radius 1 is 1.10 bits per heavy atom. The number of aromatic nitrogens is 4. The summed E-state index contributed by atoms with van der Waals surface area (Å²) in [5, 5.41) is 8.37. The summed E-state index contributed by atoms with van der Waals surface area (Å²) < 4.78 is 7.61. The van der Waals surface area contributed by atoms with Crippen LogP contribution in [0.4, 0.5) is 5.82 Å². The van der Waals surface area contributed by atoms with Crippen molar-refractivity contribution >= 4 is 11.5 Å². The van der Waals surface area contributed by atoms with Crippen LogP contribution < -0.4 is 10.1 Å². The molecule has 1 aliphatic rings. The van der Waals surface area contributed by atoms with Crippen LogP contribution in [-0.2, 0) is 0 Å². The standard InChI is InChI=1S/C22H30N6O/c1-16(2)10-13-29-22-7-4-17(14-24-22)19-15-23-21-6-5-20(26-28(19)21)25-18-8-11-27(3)12-9-18/h4-7,14-16,18H,8-13H2,1-3H3,(H,25,26). The highest BCUT2D eigenvalue weighted by atomic mass is 16.5. The Morgan fingerprint density at radius 2 is 1.93 bits per heavy atom. The number of pyridine rings is 1. The molecule has 1 aliphatic heterocycles. The van der Waals surface area contributed by atoms with Crippen LogP contribution in [0, 0.1) is 5.92 Å². The first-order chi connectivity index (χ1) is 14.1. The molecule has 0 aromatic carbocycles. The molecule has 0 saturated carbocycles. The Labute approximate surface area is 172 Å². The Bertz CT molecular complexity index is 928. The van der Waals surface area contributed by atoms with E-state index in [1.165, 1.54) is 0 Å². The number of ether oxygens (including phenoxy) is 1. The Morgan fingerprint density at radius 3 is 2.66 bits per heavy atom. The van der Waals surface area contributed by atoms with Gasteiger partial charge in [0.1, 0.15) is 5.82 Å². The Hall–Kier alpha value is -2.67. The van der Waals surface area contributed by atoms with Crippen molar-refractivity contribution in [2.75, 3.05) is 32.1 Å². The van der Waals surface area contributed by atoms with E-state index in [0.717, 1.165) is 55.1 Å². The van der Waals surface area contributed by atoms with Gasteiger partial charge in [0.25, 0.3) is 0 Å². The van der Waals surface area contributed by atoms with Crippen molar-refractivity contribution in [3.05, 3.63) is 36.7 Å². The van der Waals surface area contributed by atoms with Gasteiger partial charge >= 0.3 is 0 Å². The van der Waals surface area contributed by atoms with E-state index in [-0.39, 0.29) is 0 Å². The molecule has 4 heterocycles. The third kappa shape index (κ3) is 4.85. The zero-order valence-corrected chi connectivity index (χ0v) is 17.5. The number of hydrogen-bond acceptors (Lipinski definition) is 6. The van der Waals surface area contributed by atoms with E-state index in [0.29, 0.717) is 24.4 Å². The summed E-state index contributed by atoms with van der Waals surface area (Å²) in [5.41, 5.74) is 2.72. The summed E-state index contributed by atoms with van der Waals surface area (Å²) in [6, 6.07) is 8.40. The predicted octanol–water partition coefficient (Wildman–Crippen LogP) is 3.72. The van der Waals surface area contributed by atoms with Gasteiger partial charge in [-0.1, -0.05) is 13.8 Å². The predicted molar refractivity (Wildman–Crippen MR) is 115 cm³/mol. The average molecular weight is 395 g/mol. The molecular formula is C22H30N6O. The molecule has 0 amide bonds. The zero-order chi connectivity index (χ0) is 20.2. The van der Waals surface area contributed by atoms with Crippen LogP contribution >= 0.6 is 0 Å². The molecule has 3 aromatic rings. The number of nitrogens with one attached hydrogen (secondary N) is 1. The van der Waals surface area contributed by atoms with Gasteiger partial charge in [0.2, 0.25) is 5.88 Å². The molecule has 4 rings (SSSR count). The smallest absolute Gasteiger partial charge is 0.213 e. The molecule has 0 spiro atoms. The second-order valence-corrected chi connectivity index (χ2v) is 8.27. The van der Waals surface area contributed by atoms with E-state index in [2.05, 4.69) is 41.1 Å².